The van der Waals surface area contributed by atoms with Crippen LogP contribution in [0, 0.1) is 23.6 Å². The third-order valence-corrected chi connectivity index (χ3v) is 6.40. The summed E-state index contributed by atoms with van der Waals surface area (Å²) in [4.78, 5) is 52.2. The Morgan fingerprint density at radius 1 is 1.00 bits per heavy atom. The van der Waals surface area contributed by atoms with E-state index in [1.54, 1.807) is 36.4 Å². The summed E-state index contributed by atoms with van der Waals surface area (Å²) in [6.45, 7) is -0.250. The molecule has 1 fully saturated rings. The predicted molar refractivity (Wildman–Crippen MR) is 136 cm³/mol. The van der Waals surface area contributed by atoms with Crippen LogP contribution in [-0.2, 0) is 14.4 Å². The zero-order valence-corrected chi connectivity index (χ0v) is 20.5. The molecule has 1 aliphatic carbocycles. The highest BCUT2D eigenvalue weighted by atomic mass is 35.5. The molecule has 1 aliphatic rings. The number of likely N-dealkylation sites (N-methyl/N-ethyl adjacent to an activating group) is 1. The van der Waals surface area contributed by atoms with Gasteiger partial charge in [0.25, 0.3) is 5.56 Å². The van der Waals surface area contributed by atoms with Crippen molar-refractivity contribution >= 4 is 40.7 Å². The van der Waals surface area contributed by atoms with Crippen molar-refractivity contribution in [2.45, 2.75) is 0 Å². The van der Waals surface area contributed by atoms with Crippen LogP contribution in [0.15, 0.2) is 71.7 Å². The van der Waals surface area contributed by atoms with Gasteiger partial charge in [-0.25, -0.2) is 4.39 Å². The molecule has 37 heavy (non-hydrogen) atoms. The number of aliphatic hydroxyl groups excluding tert-OH is 1. The number of nitrogens with zero attached hydrogens (tertiary/aromatic N) is 2. The first-order valence-electron chi connectivity index (χ1n) is 11.4. The summed E-state index contributed by atoms with van der Waals surface area (Å²) >= 11 is 5.88. The zero-order chi connectivity index (χ0) is 26.7. The number of rotatable bonds is 8. The summed E-state index contributed by atoms with van der Waals surface area (Å²) in [5.74, 6) is -5.53. The molecule has 9 nitrogen and oxygen atoms in total. The summed E-state index contributed by atoms with van der Waals surface area (Å²) in [6.07, 6.45) is 1.49. The number of pyridine rings is 1. The van der Waals surface area contributed by atoms with Crippen molar-refractivity contribution in [3.63, 3.8) is 0 Å². The van der Waals surface area contributed by atoms with E-state index in [4.69, 9.17) is 11.6 Å². The molecule has 3 N–H and O–H groups in total. The van der Waals surface area contributed by atoms with Crippen LogP contribution in [-0.4, -0.2) is 52.5 Å². The van der Waals surface area contributed by atoms with Gasteiger partial charge in [-0.05, 0) is 42.5 Å². The number of aliphatic hydroxyl groups is 1. The lowest BCUT2D eigenvalue weighted by atomic mass is 10.2. The Kier molecular flexibility index (Phi) is 7.70. The van der Waals surface area contributed by atoms with Crippen molar-refractivity contribution in [1.29, 1.82) is 0 Å². The summed E-state index contributed by atoms with van der Waals surface area (Å²) in [5.41, 5.74) is 0.204. The molecule has 0 radical (unpaired) electrons. The summed E-state index contributed by atoms with van der Waals surface area (Å²) in [5, 5.41) is 14.8. The maximum absolute atomic E-state index is 14.8. The van der Waals surface area contributed by atoms with Crippen LogP contribution >= 0.6 is 11.6 Å². The maximum Gasteiger partial charge on any atom is 0.255 e. The van der Waals surface area contributed by atoms with Gasteiger partial charge >= 0.3 is 0 Å². The van der Waals surface area contributed by atoms with Gasteiger partial charge < -0.3 is 20.6 Å². The number of aromatic nitrogens is 1. The largest absolute Gasteiger partial charge is 0.395 e. The van der Waals surface area contributed by atoms with Gasteiger partial charge in [0.2, 0.25) is 17.7 Å². The standard InChI is InChI=1S/C26H24ClFN4O5/c1-31(12-13-33)26(37)23-21(24(35)29-16-7-5-15(27)6-8-16)22(23)25(36)30-19-10-9-17(14-18(19)28)32-11-3-2-4-20(32)34/h2-11,14,21-23,33H,12-13H2,1H3,(H,29,35)(H,30,36)/t21-,22+,23+/m1/s1. The van der Waals surface area contributed by atoms with Crippen LogP contribution in [0.3, 0.4) is 0 Å². The average Bonchev–Trinajstić information content (AvgIpc) is 3.63. The molecule has 0 unspecified atom stereocenters. The SMILES string of the molecule is CN(CCO)C(=O)[C@H]1[C@H](C(=O)Nc2ccc(Cl)cc2)[C@@H]1C(=O)Nc1ccc(-n2ccccc2=O)cc1F. The molecule has 192 valence electrons. The summed E-state index contributed by atoms with van der Waals surface area (Å²) < 4.78 is 16.1. The quantitative estimate of drug-likeness (QED) is 0.416. The van der Waals surface area contributed by atoms with Crippen molar-refractivity contribution in [2.75, 3.05) is 30.8 Å². The normalized spacial score (nSPS) is 18.1. The summed E-state index contributed by atoms with van der Waals surface area (Å²) in [6, 6.07) is 14.7. The number of carbonyl (C=O) groups is 3. The Bertz CT molecular complexity index is 1390. The van der Waals surface area contributed by atoms with Crippen molar-refractivity contribution in [2.24, 2.45) is 17.8 Å². The Hall–Kier alpha value is -4.02. The molecule has 2 aromatic carbocycles. The number of nitrogens with one attached hydrogen (secondary N) is 2. The van der Waals surface area contributed by atoms with Crippen LogP contribution in [0.2, 0.25) is 5.02 Å². The molecular formula is C26H24ClFN4O5. The number of anilines is 2. The van der Waals surface area contributed by atoms with E-state index in [0.717, 1.165) is 6.07 Å². The lowest BCUT2D eigenvalue weighted by Gasteiger charge is -2.15. The molecular weight excluding hydrogens is 503 g/mol. The first-order chi connectivity index (χ1) is 17.7. The number of hydrogen-bond acceptors (Lipinski definition) is 5. The predicted octanol–water partition coefficient (Wildman–Crippen LogP) is 2.52. The van der Waals surface area contributed by atoms with Crippen molar-refractivity contribution in [3.05, 3.63) is 88.1 Å². The lowest BCUT2D eigenvalue weighted by molar-refractivity contribution is -0.134. The second-order valence-electron chi connectivity index (χ2n) is 8.62. The van der Waals surface area contributed by atoms with Gasteiger partial charge in [0.1, 0.15) is 5.82 Å². The highest BCUT2D eigenvalue weighted by Gasteiger charge is 2.63. The third-order valence-electron chi connectivity index (χ3n) is 6.15. The molecule has 1 aromatic heterocycles. The molecule has 3 amide bonds. The van der Waals surface area contributed by atoms with Crippen LogP contribution in [0.1, 0.15) is 0 Å². The second-order valence-corrected chi connectivity index (χ2v) is 9.06. The molecule has 3 atom stereocenters. The van der Waals surface area contributed by atoms with Gasteiger partial charge in [0, 0.05) is 42.6 Å². The zero-order valence-electron chi connectivity index (χ0n) is 19.7. The molecule has 0 spiro atoms. The van der Waals surface area contributed by atoms with Gasteiger partial charge in [-0.1, -0.05) is 17.7 Å². The molecule has 0 saturated heterocycles. The fourth-order valence-corrected chi connectivity index (χ4v) is 4.28. The van der Waals surface area contributed by atoms with Crippen molar-refractivity contribution < 1.29 is 23.9 Å². The minimum Gasteiger partial charge on any atom is -0.395 e. The van der Waals surface area contributed by atoms with Gasteiger partial charge in [0.05, 0.1) is 35.7 Å². The smallest absolute Gasteiger partial charge is 0.255 e. The highest BCUT2D eigenvalue weighted by Crippen LogP contribution is 2.49. The molecule has 1 heterocycles. The van der Waals surface area contributed by atoms with Crippen LogP contribution in [0.4, 0.5) is 15.8 Å². The second kappa shape index (κ2) is 10.9. The first-order valence-corrected chi connectivity index (χ1v) is 11.8. The Labute approximate surface area is 216 Å². The van der Waals surface area contributed by atoms with E-state index < -0.39 is 41.3 Å². The van der Waals surface area contributed by atoms with E-state index in [2.05, 4.69) is 10.6 Å². The average molecular weight is 527 g/mol. The van der Waals surface area contributed by atoms with E-state index >= 15 is 0 Å². The molecule has 0 aliphatic heterocycles. The molecule has 4 rings (SSSR count). The molecule has 1 saturated carbocycles. The molecule has 0 bridgehead atoms. The molecule has 11 heteroatoms. The van der Waals surface area contributed by atoms with Crippen LogP contribution < -0.4 is 16.2 Å². The van der Waals surface area contributed by atoms with Crippen LogP contribution in [0.5, 0.6) is 0 Å². The Morgan fingerprint density at radius 3 is 2.30 bits per heavy atom. The monoisotopic (exact) mass is 526 g/mol. The topological polar surface area (TPSA) is 121 Å². The van der Waals surface area contributed by atoms with Crippen molar-refractivity contribution in [3.8, 4) is 5.69 Å². The summed E-state index contributed by atoms with van der Waals surface area (Å²) in [7, 11) is 1.46. The number of amides is 3. The number of carbonyl (C=O) groups excluding carboxylic acids is 3. The van der Waals surface area contributed by atoms with Gasteiger partial charge in [-0.2, -0.15) is 0 Å². The van der Waals surface area contributed by atoms with E-state index in [9.17, 15) is 28.7 Å². The highest BCUT2D eigenvalue weighted by molar-refractivity contribution is 6.30. The number of benzene rings is 2. The minimum atomic E-state index is -1.04. The third kappa shape index (κ3) is 5.71. The maximum atomic E-state index is 14.8. The van der Waals surface area contributed by atoms with E-state index in [0.29, 0.717) is 10.7 Å². The van der Waals surface area contributed by atoms with E-state index in [-0.39, 0.29) is 30.1 Å². The van der Waals surface area contributed by atoms with E-state index in [1.807, 2.05) is 0 Å². The van der Waals surface area contributed by atoms with E-state index in [1.165, 1.54) is 40.9 Å². The van der Waals surface area contributed by atoms with Gasteiger partial charge in [-0.15, -0.1) is 0 Å². The number of halogens is 2. The number of hydrogen-bond donors (Lipinski definition) is 3. The first kappa shape index (κ1) is 26.1. The van der Waals surface area contributed by atoms with Gasteiger partial charge in [-0.3, -0.25) is 23.7 Å². The lowest BCUT2D eigenvalue weighted by Crippen LogP contribution is -2.32. The fourth-order valence-electron chi connectivity index (χ4n) is 4.16. The minimum absolute atomic E-state index is 0.0319. The Balaban J connectivity index is 1.53. The fraction of sp³-hybridized carbons (Fsp3) is 0.231. The van der Waals surface area contributed by atoms with Crippen LogP contribution in [0.25, 0.3) is 5.69 Å². The Morgan fingerprint density at radius 2 is 1.68 bits per heavy atom. The van der Waals surface area contributed by atoms with Crippen molar-refractivity contribution in [1.82, 2.24) is 9.47 Å². The molecule has 3 aromatic rings. The van der Waals surface area contributed by atoms with Gasteiger partial charge in [0.15, 0.2) is 0 Å².